The Kier molecular flexibility index (Phi) is 7.43. The molecule has 0 N–H and O–H groups in total. The Balaban J connectivity index is 2.15. The Hall–Kier alpha value is -0.430. The largest absolute Gasteiger partial charge is 0.123 e. The van der Waals surface area contributed by atoms with Crippen LogP contribution in [0.1, 0.15) is 52.9 Å². The van der Waals surface area contributed by atoms with Crippen LogP contribution in [0, 0.1) is 5.92 Å². The van der Waals surface area contributed by atoms with Crippen molar-refractivity contribution in [3.05, 3.63) is 30.3 Å². The maximum atomic E-state index is 2.39. The second kappa shape index (κ2) is 8.63. The van der Waals surface area contributed by atoms with Gasteiger partial charge in [0.1, 0.15) is 0 Å². The van der Waals surface area contributed by atoms with Crippen molar-refractivity contribution in [3.63, 3.8) is 0 Å². The standard InChI is InChI=1S/C16H26S/c1-4-9-14(2)10-8-11-15(3)17-16-12-6-5-7-13-16/h5-7,12-15H,4,8-11H2,1-3H3. The van der Waals surface area contributed by atoms with E-state index in [2.05, 4.69) is 51.1 Å². The van der Waals surface area contributed by atoms with Crippen LogP contribution in [0.25, 0.3) is 0 Å². The Morgan fingerprint density at radius 3 is 2.35 bits per heavy atom. The lowest BCUT2D eigenvalue weighted by Gasteiger charge is -2.13. The van der Waals surface area contributed by atoms with Crippen molar-refractivity contribution in [1.82, 2.24) is 0 Å². The SMILES string of the molecule is CCCC(C)CCCC(C)Sc1ccccc1. The molecule has 1 heteroatoms. The Morgan fingerprint density at radius 2 is 1.71 bits per heavy atom. The van der Waals surface area contributed by atoms with E-state index in [1.54, 1.807) is 0 Å². The van der Waals surface area contributed by atoms with Crippen LogP contribution >= 0.6 is 11.8 Å². The van der Waals surface area contributed by atoms with Gasteiger partial charge in [0.15, 0.2) is 0 Å². The van der Waals surface area contributed by atoms with E-state index < -0.39 is 0 Å². The lowest BCUT2D eigenvalue weighted by atomic mass is 9.99. The molecule has 0 bridgehead atoms. The van der Waals surface area contributed by atoms with Crippen LogP contribution in [0.2, 0.25) is 0 Å². The maximum absolute atomic E-state index is 2.39. The van der Waals surface area contributed by atoms with Crippen LogP contribution in [0.3, 0.4) is 0 Å². The summed E-state index contributed by atoms with van der Waals surface area (Å²) in [6, 6.07) is 10.7. The van der Waals surface area contributed by atoms with Crippen LogP contribution in [0.15, 0.2) is 35.2 Å². The van der Waals surface area contributed by atoms with Crippen LogP contribution in [-0.2, 0) is 0 Å². The number of rotatable bonds is 8. The molecule has 0 radical (unpaired) electrons. The predicted molar refractivity (Wildman–Crippen MR) is 79.7 cm³/mol. The van der Waals surface area contributed by atoms with Crippen molar-refractivity contribution in [3.8, 4) is 0 Å². The summed E-state index contributed by atoms with van der Waals surface area (Å²) >= 11 is 2.01. The fourth-order valence-corrected chi connectivity index (χ4v) is 3.24. The molecule has 0 fully saturated rings. The summed E-state index contributed by atoms with van der Waals surface area (Å²) in [6.45, 7) is 7.02. The van der Waals surface area contributed by atoms with E-state index in [4.69, 9.17) is 0 Å². The normalized spacial score (nSPS) is 14.5. The maximum Gasteiger partial charge on any atom is 0.00746 e. The first-order valence-corrected chi connectivity index (χ1v) is 7.82. The summed E-state index contributed by atoms with van der Waals surface area (Å²) in [5, 5.41) is 0.742. The third-order valence-corrected chi connectivity index (χ3v) is 4.35. The molecular formula is C16H26S. The lowest BCUT2D eigenvalue weighted by Crippen LogP contribution is -1.99. The van der Waals surface area contributed by atoms with Gasteiger partial charge in [0.25, 0.3) is 0 Å². The van der Waals surface area contributed by atoms with Gasteiger partial charge in [0, 0.05) is 10.1 Å². The van der Waals surface area contributed by atoms with E-state index in [0.29, 0.717) is 0 Å². The van der Waals surface area contributed by atoms with Crippen molar-refractivity contribution < 1.29 is 0 Å². The summed E-state index contributed by atoms with van der Waals surface area (Å²) in [6.07, 6.45) is 6.83. The van der Waals surface area contributed by atoms with E-state index in [1.807, 2.05) is 11.8 Å². The van der Waals surface area contributed by atoms with E-state index in [-0.39, 0.29) is 0 Å². The van der Waals surface area contributed by atoms with Gasteiger partial charge in [-0.15, -0.1) is 11.8 Å². The van der Waals surface area contributed by atoms with Crippen LogP contribution < -0.4 is 0 Å². The highest BCUT2D eigenvalue weighted by atomic mass is 32.2. The molecule has 2 atom stereocenters. The minimum Gasteiger partial charge on any atom is -0.123 e. The van der Waals surface area contributed by atoms with E-state index >= 15 is 0 Å². The molecule has 2 unspecified atom stereocenters. The van der Waals surface area contributed by atoms with E-state index in [0.717, 1.165) is 11.2 Å². The van der Waals surface area contributed by atoms with E-state index in [9.17, 15) is 0 Å². The van der Waals surface area contributed by atoms with Gasteiger partial charge in [0.2, 0.25) is 0 Å². The molecule has 0 saturated carbocycles. The molecule has 1 aromatic rings. The minimum atomic E-state index is 0.742. The monoisotopic (exact) mass is 250 g/mol. The molecule has 0 aliphatic rings. The molecule has 1 aromatic carbocycles. The molecule has 0 amide bonds. The third-order valence-electron chi connectivity index (χ3n) is 3.17. The van der Waals surface area contributed by atoms with Crippen LogP contribution in [-0.4, -0.2) is 5.25 Å². The summed E-state index contributed by atoms with van der Waals surface area (Å²) in [7, 11) is 0. The molecule has 17 heavy (non-hydrogen) atoms. The van der Waals surface area contributed by atoms with Crippen LogP contribution in [0.5, 0.6) is 0 Å². The van der Waals surface area contributed by atoms with Gasteiger partial charge in [-0.25, -0.2) is 0 Å². The number of hydrogen-bond donors (Lipinski definition) is 0. The number of hydrogen-bond acceptors (Lipinski definition) is 1. The Bertz CT molecular complexity index is 281. The van der Waals surface area contributed by atoms with Crippen LogP contribution in [0.4, 0.5) is 0 Å². The van der Waals surface area contributed by atoms with Crippen molar-refractivity contribution in [2.75, 3.05) is 0 Å². The molecule has 0 aliphatic carbocycles. The highest BCUT2D eigenvalue weighted by molar-refractivity contribution is 7.99. The Morgan fingerprint density at radius 1 is 1.00 bits per heavy atom. The number of thioether (sulfide) groups is 1. The predicted octanol–water partition coefficient (Wildman–Crippen LogP) is 5.77. The molecule has 0 saturated heterocycles. The summed E-state index contributed by atoms with van der Waals surface area (Å²) in [4.78, 5) is 1.40. The van der Waals surface area contributed by atoms with Crippen molar-refractivity contribution in [2.45, 2.75) is 63.0 Å². The van der Waals surface area contributed by atoms with Crippen molar-refractivity contribution >= 4 is 11.8 Å². The minimum absolute atomic E-state index is 0.742. The van der Waals surface area contributed by atoms with E-state index in [1.165, 1.54) is 37.0 Å². The summed E-state index contributed by atoms with van der Waals surface area (Å²) < 4.78 is 0. The molecular weight excluding hydrogens is 224 g/mol. The quantitative estimate of drug-likeness (QED) is 0.527. The first-order chi connectivity index (χ1) is 8.22. The molecule has 0 aliphatic heterocycles. The van der Waals surface area contributed by atoms with Gasteiger partial charge >= 0.3 is 0 Å². The zero-order valence-electron chi connectivity index (χ0n) is 11.5. The first kappa shape index (κ1) is 14.6. The highest BCUT2D eigenvalue weighted by Gasteiger charge is 2.06. The van der Waals surface area contributed by atoms with Gasteiger partial charge in [-0.3, -0.25) is 0 Å². The zero-order chi connectivity index (χ0) is 12.5. The molecule has 0 aromatic heterocycles. The average Bonchev–Trinajstić information content (AvgIpc) is 2.30. The highest BCUT2D eigenvalue weighted by Crippen LogP contribution is 2.26. The first-order valence-electron chi connectivity index (χ1n) is 6.94. The van der Waals surface area contributed by atoms with Gasteiger partial charge in [-0.2, -0.15) is 0 Å². The second-order valence-electron chi connectivity index (χ2n) is 5.07. The van der Waals surface area contributed by atoms with Gasteiger partial charge < -0.3 is 0 Å². The van der Waals surface area contributed by atoms with Crippen molar-refractivity contribution in [1.29, 1.82) is 0 Å². The molecule has 0 nitrogen and oxygen atoms in total. The van der Waals surface area contributed by atoms with Gasteiger partial charge in [-0.1, -0.05) is 64.7 Å². The third kappa shape index (κ3) is 6.78. The average molecular weight is 250 g/mol. The molecule has 96 valence electrons. The van der Waals surface area contributed by atoms with Crippen molar-refractivity contribution in [2.24, 2.45) is 5.92 Å². The fraction of sp³-hybridized carbons (Fsp3) is 0.625. The van der Waals surface area contributed by atoms with Gasteiger partial charge in [-0.05, 0) is 24.5 Å². The summed E-state index contributed by atoms with van der Waals surface area (Å²) in [5.41, 5.74) is 0. The second-order valence-corrected chi connectivity index (χ2v) is 6.58. The fourth-order valence-electron chi connectivity index (χ4n) is 2.18. The molecule has 0 heterocycles. The topological polar surface area (TPSA) is 0 Å². The lowest BCUT2D eigenvalue weighted by molar-refractivity contribution is 0.461. The smallest absolute Gasteiger partial charge is 0.00746 e. The number of benzene rings is 1. The Labute approximate surface area is 111 Å². The molecule has 1 rings (SSSR count). The summed E-state index contributed by atoms with van der Waals surface area (Å²) in [5.74, 6) is 0.911. The van der Waals surface area contributed by atoms with Gasteiger partial charge in [0.05, 0.1) is 0 Å². The zero-order valence-corrected chi connectivity index (χ0v) is 12.3. The molecule has 0 spiro atoms.